The third-order valence-electron chi connectivity index (χ3n) is 3.74. The van der Waals surface area contributed by atoms with E-state index in [1.807, 2.05) is 0 Å². The molecule has 18 heavy (non-hydrogen) atoms. The van der Waals surface area contributed by atoms with Gasteiger partial charge < -0.3 is 4.90 Å². The first-order valence-electron chi connectivity index (χ1n) is 6.72. The van der Waals surface area contributed by atoms with Gasteiger partial charge >= 0.3 is 0 Å². The van der Waals surface area contributed by atoms with E-state index in [9.17, 15) is 4.39 Å². The van der Waals surface area contributed by atoms with Crippen LogP contribution >= 0.6 is 0 Å². The first-order chi connectivity index (χ1) is 8.76. The standard InChI is InChI=1S/C15H19FN2/c1-2-14-6-4-3-5-9-18(14)15-8-7-13(16)10-12(15)11-17/h7-8,10,14H,2-6,9H2,1H3. The van der Waals surface area contributed by atoms with Crippen molar-refractivity contribution in [3.63, 3.8) is 0 Å². The third-order valence-corrected chi connectivity index (χ3v) is 3.74. The van der Waals surface area contributed by atoms with Crippen LogP contribution < -0.4 is 4.90 Å². The van der Waals surface area contributed by atoms with E-state index in [1.165, 1.54) is 31.4 Å². The van der Waals surface area contributed by atoms with Crippen molar-refractivity contribution in [2.75, 3.05) is 11.4 Å². The van der Waals surface area contributed by atoms with E-state index in [2.05, 4.69) is 17.9 Å². The van der Waals surface area contributed by atoms with Gasteiger partial charge in [0.15, 0.2) is 0 Å². The van der Waals surface area contributed by atoms with Crippen LogP contribution in [0.4, 0.5) is 10.1 Å². The second kappa shape index (κ2) is 5.86. The average Bonchev–Trinajstić information content (AvgIpc) is 2.63. The maximum Gasteiger partial charge on any atom is 0.124 e. The molecule has 0 radical (unpaired) electrons. The number of anilines is 1. The fourth-order valence-electron chi connectivity index (χ4n) is 2.77. The maximum absolute atomic E-state index is 13.2. The molecule has 2 rings (SSSR count). The minimum absolute atomic E-state index is 0.335. The Morgan fingerprint density at radius 2 is 2.22 bits per heavy atom. The van der Waals surface area contributed by atoms with Gasteiger partial charge in [0, 0.05) is 12.6 Å². The van der Waals surface area contributed by atoms with Gasteiger partial charge in [0.25, 0.3) is 0 Å². The van der Waals surface area contributed by atoms with E-state index in [0.717, 1.165) is 25.1 Å². The molecule has 1 unspecified atom stereocenters. The zero-order valence-corrected chi connectivity index (χ0v) is 10.8. The molecule has 0 aliphatic carbocycles. The van der Waals surface area contributed by atoms with Gasteiger partial charge in [-0.05, 0) is 37.5 Å². The quantitative estimate of drug-likeness (QED) is 0.792. The van der Waals surface area contributed by atoms with E-state index in [-0.39, 0.29) is 5.82 Å². The lowest BCUT2D eigenvalue weighted by atomic mass is 10.1. The van der Waals surface area contributed by atoms with Crippen molar-refractivity contribution in [3.05, 3.63) is 29.6 Å². The van der Waals surface area contributed by atoms with Gasteiger partial charge in [-0.2, -0.15) is 5.26 Å². The molecule has 0 amide bonds. The smallest absolute Gasteiger partial charge is 0.124 e. The summed E-state index contributed by atoms with van der Waals surface area (Å²) in [4.78, 5) is 2.30. The molecule has 1 fully saturated rings. The predicted octanol–water partition coefficient (Wildman–Crippen LogP) is 3.86. The molecule has 0 N–H and O–H groups in total. The summed E-state index contributed by atoms with van der Waals surface area (Å²) in [5.41, 5.74) is 1.35. The van der Waals surface area contributed by atoms with Gasteiger partial charge in [-0.1, -0.05) is 19.8 Å². The van der Waals surface area contributed by atoms with Crippen LogP contribution in [0.3, 0.4) is 0 Å². The molecular formula is C15H19FN2. The molecule has 0 aromatic heterocycles. The molecule has 1 aliphatic heterocycles. The molecule has 1 saturated heterocycles. The highest BCUT2D eigenvalue weighted by Gasteiger charge is 2.22. The zero-order chi connectivity index (χ0) is 13.0. The average molecular weight is 246 g/mol. The largest absolute Gasteiger partial charge is 0.367 e. The van der Waals surface area contributed by atoms with E-state index in [4.69, 9.17) is 5.26 Å². The number of nitriles is 1. The van der Waals surface area contributed by atoms with Gasteiger partial charge in [0.2, 0.25) is 0 Å². The Balaban J connectivity index is 2.36. The first-order valence-corrected chi connectivity index (χ1v) is 6.72. The Bertz CT molecular complexity index is 450. The number of hydrogen-bond acceptors (Lipinski definition) is 2. The van der Waals surface area contributed by atoms with Crippen molar-refractivity contribution in [1.82, 2.24) is 0 Å². The second-order valence-electron chi connectivity index (χ2n) is 4.88. The highest BCUT2D eigenvalue weighted by atomic mass is 19.1. The minimum Gasteiger partial charge on any atom is -0.367 e. The molecule has 1 heterocycles. The van der Waals surface area contributed by atoms with E-state index in [0.29, 0.717) is 11.6 Å². The summed E-state index contributed by atoms with van der Waals surface area (Å²) < 4.78 is 13.2. The van der Waals surface area contributed by atoms with Crippen molar-refractivity contribution >= 4 is 5.69 Å². The van der Waals surface area contributed by atoms with Crippen LogP contribution in [0.25, 0.3) is 0 Å². The molecule has 0 saturated carbocycles. The highest BCUT2D eigenvalue weighted by Crippen LogP contribution is 2.28. The SMILES string of the molecule is CCC1CCCCCN1c1ccc(F)cc1C#N. The van der Waals surface area contributed by atoms with Crippen molar-refractivity contribution in [2.24, 2.45) is 0 Å². The van der Waals surface area contributed by atoms with Crippen LogP contribution in [0.5, 0.6) is 0 Å². The van der Waals surface area contributed by atoms with Crippen LogP contribution in [0.2, 0.25) is 0 Å². The van der Waals surface area contributed by atoms with Crippen molar-refractivity contribution < 1.29 is 4.39 Å². The van der Waals surface area contributed by atoms with Gasteiger partial charge in [0.05, 0.1) is 11.3 Å². The normalized spacial score (nSPS) is 20.3. The van der Waals surface area contributed by atoms with E-state index in [1.54, 1.807) is 6.07 Å². The minimum atomic E-state index is -0.335. The summed E-state index contributed by atoms with van der Waals surface area (Å²) in [7, 11) is 0. The molecule has 1 atom stereocenters. The first kappa shape index (κ1) is 12.9. The molecule has 3 heteroatoms. The van der Waals surface area contributed by atoms with Crippen LogP contribution in [0, 0.1) is 17.1 Å². The Labute approximate surface area is 108 Å². The predicted molar refractivity (Wildman–Crippen MR) is 71.0 cm³/mol. The molecule has 1 aromatic carbocycles. The summed E-state index contributed by atoms with van der Waals surface area (Å²) in [5.74, 6) is -0.335. The van der Waals surface area contributed by atoms with Gasteiger partial charge in [-0.3, -0.25) is 0 Å². The fraction of sp³-hybridized carbons (Fsp3) is 0.533. The summed E-state index contributed by atoms with van der Waals surface area (Å²) in [6.45, 7) is 3.15. The molecule has 0 bridgehead atoms. The number of nitrogens with zero attached hydrogens (tertiary/aromatic N) is 2. The highest BCUT2D eigenvalue weighted by molar-refractivity contribution is 5.60. The zero-order valence-electron chi connectivity index (χ0n) is 10.8. The number of benzene rings is 1. The molecule has 1 aromatic rings. The summed E-state index contributed by atoms with van der Waals surface area (Å²) in [5, 5.41) is 9.16. The number of halogens is 1. The van der Waals surface area contributed by atoms with Crippen molar-refractivity contribution in [1.29, 1.82) is 5.26 Å². The summed E-state index contributed by atoms with van der Waals surface area (Å²) >= 11 is 0. The van der Waals surface area contributed by atoms with Crippen molar-refractivity contribution in [2.45, 2.75) is 45.1 Å². The van der Waals surface area contributed by atoms with E-state index >= 15 is 0 Å². The van der Waals surface area contributed by atoms with Crippen LogP contribution in [0.1, 0.15) is 44.6 Å². The van der Waals surface area contributed by atoms with Crippen LogP contribution in [-0.2, 0) is 0 Å². The molecule has 0 spiro atoms. The van der Waals surface area contributed by atoms with Gasteiger partial charge in [-0.25, -0.2) is 4.39 Å². The van der Waals surface area contributed by atoms with Gasteiger partial charge in [-0.15, -0.1) is 0 Å². The number of rotatable bonds is 2. The lowest BCUT2D eigenvalue weighted by Gasteiger charge is -2.32. The number of hydrogen-bond donors (Lipinski definition) is 0. The monoisotopic (exact) mass is 246 g/mol. The van der Waals surface area contributed by atoms with Crippen LogP contribution in [0.15, 0.2) is 18.2 Å². The summed E-state index contributed by atoms with van der Waals surface area (Å²) in [6.07, 6.45) is 5.88. The lowest BCUT2D eigenvalue weighted by Crippen LogP contribution is -2.34. The molecular weight excluding hydrogens is 227 g/mol. The Morgan fingerprint density at radius 1 is 1.39 bits per heavy atom. The second-order valence-corrected chi connectivity index (χ2v) is 4.88. The van der Waals surface area contributed by atoms with Crippen LogP contribution in [-0.4, -0.2) is 12.6 Å². The topological polar surface area (TPSA) is 27.0 Å². The van der Waals surface area contributed by atoms with E-state index < -0.39 is 0 Å². The Kier molecular flexibility index (Phi) is 4.19. The van der Waals surface area contributed by atoms with Crippen molar-refractivity contribution in [3.8, 4) is 6.07 Å². The van der Waals surface area contributed by atoms with Gasteiger partial charge in [0.1, 0.15) is 11.9 Å². The Morgan fingerprint density at radius 3 is 2.94 bits per heavy atom. The third kappa shape index (κ3) is 2.64. The maximum atomic E-state index is 13.2. The molecule has 2 nitrogen and oxygen atoms in total. The summed E-state index contributed by atoms with van der Waals surface area (Å²) in [6, 6.07) is 7.14. The lowest BCUT2D eigenvalue weighted by molar-refractivity contribution is 0.555. The Hall–Kier alpha value is -1.56. The molecule has 96 valence electrons. The fourth-order valence-corrected chi connectivity index (χ4v) is 2.77. The molecule has 1 aliphatic rings.